The average molecular weight is 544 g/mol. The van der Waals surface area contributed by atoms with E-state index >= 15 is 0 Å². The van der Waals surface area contributed by atoms with E-state index in [4.69, 9.17) is 11.6 Å². The lowest BCUT2D eigenvalue weighted by molar-refractivity contribution is -0.141. The summed E-state index contributed by atoms with van der Waals surface area (Å²) in [6, 6.07) is 6.13. The van der Waals surface area contributed by atoms with E-state index in [9.17, 15) is 31.1 Å². The Bertz CT molecular complexity index is 1310. The van der Waals surface area contributed by atoms with Crippen LogP contribution in [0.1, 0.15) is 54.2 Å². The van der Waals surface area contributed by atoms with Gasteiger partial charge in [0.25, 0.3) is 5.91 Å². The van der Waals surface area contributed by atoms with Crippen molar-refractivity contribution in [2.45, 2.75) is 44.3 Å². The third-order valence-corrected chi connectivity index (χ3v) is 5.91. The van der Waals surface area contributed by atoms with E-state index in [0.29, 0.717) is 18.9 Å². The minimum absolute atomic E-state index is 0.000359. The Morgan fingerprint density at radius 1 is 1.00 bits per heavy atom. The molecule has 1 aromatic heterocycles. The Balaban J connectivity index is 1.76. The number of guanidine groups is 1. The average Bonchev–Trinajstić information content (AvgIpc) is 3.25. The first-order chi connectivity index (χ1) is 17.5. The fourth-order valence-electron chi connectivity index (χ4n) is 3.98. The summed E-state index contributed by atoms with van der Waals surface area (Å²) in [7, 11) is 0. The minimum Gasteiger partial charge on any atom is -0.325 e. The number of rotatable bonds is 4. The standard InChI is InChI=1S/C24H20ClF6N5O/c25-14-9-15(26)11-16(10-14)32-23(34-22(37)13-6-7-18(27)19(28)8-13)33-21-12-20(24(29,30)31)35-36(21)17-4-2-1-3-5-17/h6-12,17H,1-5H2,(H2,32,33,34,37). The van der Waals surface area contributed by atoms with Crippen molar-refractivity contribution < 1.29 is 31.1 Å². The van der Waals surface area contributed by atoms with E-state index < -0.39 is 41.2 Å². The molecule has 2 aromatic carbocycles. The van der Waals surface area contributed by atoms with Gasteiger partial charge in [-0.25, -0.2) is 17.9 Å². The summed E-state index contributed by atoms with van der Waals surface area (Å²) in [6.07, 6.45) is -1.03. The summed E-state index contributed by atoms with van der Waals surface area (Å²) in [4.78, 5) is 16.9. The molecule has 1 aliphatic rings. The molecular weight excluding hydrogens is 524 g/mol. The molecule has 196 valence electrons. The van der Waals surface area contributed by atoms with Crippen LogP contribution in [0, 0.1) is 17.5 Å². The molecule has 1 amide bonds. The van der Waals surface area contributed by atoms with Crippen LogP contribution in [0.2, 0.25) is 5.02 Å². The molecule has 0 bridgehead atoms. The second-order valence-electron chi connectivity index (χ2n) is 8.45. The van der Waals surface area contributed by atoms with E-state index in [0.717, 1.165) is 54.3 Å². The molecule has 4 rings (SSSR count). The van der Waals surface area contributed by atoms with Gasteiger partial charge in [0.2, 0.25) is 5.96 Å². The topological polar surface area (TPSA) is 71.3 Å². The Morgan fingerprint density at radius 2 is 1.73 bits per heavy atom. The number of hydrogen-bond donors (Lipinski definition) is 2. The molecule has 2 N–H and O–H groups in total. The predicted octanol–water partition coefficient (Wildman–Crippen LogP) is 7.01. The van der Waals surface area contributed by atoms with Gasteiger partial charge >= 0.3 is 6.18 Å². The van der Waals surface area contributed by atoms with Gasteiger partial charge in [-0.2, -0.15) is 23.3 Å². The molecule has 0 radical (unpaired) electrons. The zero-order chi connectivity index (χ0) is 26.7. The Labute approximate surface area is 212 Å². The van der Waals surface area contributed by atoms with E-state index in [1.807, 2.05) is 0 Å². The van der Waals surface area contributed by atoms with Crippen LogP contribution >= 0.6 is 11.6 Å². The quantitative estimate of drug-likeness (QED) is 0.211. The van der Waals surface area contributed by atoms with Gasteiger partial charge < -0.3 is 5.32 Å². The number of hydrogen-bond acceptors (Lipinski definition) is 3. The van der Waals surface area contributed by atoms with Crippen molar-refractivity contribution in [2.75, 3.05) is 5.32 Å². The maximum atomic E-state index is 13.9. The van der Waals surface area contributed by atoms with E-state index in [-0.39, 0.29) is 28.1 Å². The van der Waals surface area contributed by atoms with Crippen LogP contribution in [0.3, 0.4) is 0 Å². The molecule has 0 unspecified atom stereocenters. The van der Waals surface area contributed by atoms with E-state index in [2.05, 4.69) is 20.7 Å². The summed E-state index contributed by atoms with van der Waals surface area (Å²) >= 11 is 5.88. The van der Waals surface area contributed by atoms with Gasteiger partial charge in [0.15, 0.2) is 23.1 Å². The first-order valence-electron chi connectivity index (χ1n) is 11.2. The molecule has 3 aromatic rings. The molecule has 0 atom stereocenters. The largest absolute Gasteiger partial charge is 0.435 e. The van der Waals surface area contributed by atoms with Crippen molar-refractivity contribution in [3.63, 3.8) is 0 Å². The number of alkyl halides is 3. The lowest BCUT2D eigenvalue weighted by Gasteiger charge is -2.23. The van der Waals surface area contributed by atoms with Crippen molar-refractivity contribution in [3.05, 3.63) is 76.2 Å². The highest BCUT2D eigenvalue weighted by Gasteiger charge is 2.36. The van der Waals surface area contributed by atoms with Crippen molar-refractivity contribution >= 4 is 35.0 Å². The number of anilines is 1. The number of benzene rings is 2. The Hall–Kier alpha value is -3.54. The molecule has 0 aliphatic heterocycles. The van der Waals surface area contributed by atoms with Gasteiger partial charge in [0.1, 0.15) is 5.82 Å². The molecule has 1 aliphatic carbocycles. The second kappa shape index (κ2) is 10.8. The molecule has 6 nitrogen and oxygen atoms in total. The zero-order valence-electron chi connectivity index (χ0n) is 19.0. The van der Waals surface area contributed by atoms with Gasteiger partial charge in [0, 0.05) is 22.3 Å². The number of aromatic nitrogens is 2. The van der Waals surface area contributed by atoms with Gasteiger partial charge in [-0.1, -0.05) is 30.9 Å². The van der Waals surface area contributed by atoms with Crippen molar-refractivity contribution in [1.82, 2.24) is 15.1 Å². The SMILES string of the molecule is O=C(NC(=Nc1cc(C(F)(F)F)nn1C1CCCCC1)Nc1cc(F)cc(Cl)c1)c1ccc(F)c(F)c1. The zero-order valence-corrected chi connectivity index (χ0v) is 19.8. The normalized spacial score (nSPS) is 15.1. The van der Waals surface area contributed by atoms with Crippen LogP contribution in [-0.2, 0) is 6.18 Å². The fraction of sp³-hybridized carbons (Fsp3) is 0.292. The van der Waals surface area contributed by atoms with Crippen molar-refractivity contribution in [1.29, 1.82) is 0 Å². The van der Waals surface area contributed by atoms with Gasteiger partial charge in [-0.05, 0) is 49.2 Å². The summed E-state index contributed by atoms with van der Waals surface area (Å²) in [5.74, 6) is -4.76. The van der Waals surface area contributed by atoms with Gasteiger partial charge in [-0.3, -0.25) is 10.1 Å². The number of carbonyl (C=O) groups excluding carboxylic acids is 1. The third-order valence-electron chi connectivity index (χ3n) is 5.69. The number of aliphatic imine (C=N–C) groups is 1. The van der Waals surface area contributed by atoms with Crippen LogP contribution in [-0.4, -0.2) is 21.6 Å². The second-order valence-corrected chi connectivity index (χ2v) is 8.88. The van der Waals surface area contributed by atoms with Crippen LogP contribution in [0.25, 0.3) is 0 Å². The molecule has 1 heterocycles. The van der Waals surface area contributed by atoms with E-state index in [1.54, 1.807) is 0 Å². The highest BCUT2D eigenvalue weighted by Crippen LogP contribution is 2.36. The summed E-state index contributed by atoms with van der Waals surface area (Å²) < 4.78 is 82.5. The van der Waals surface area contributed by atoms with Crippen LogP contribution in [0.5, 0.6) is 0 Å². The summed E-state index contributed by atoms with van der Waals surface area (Å²) in [5, 5.41) is 8.66. The first-order valence-corrected chi connectivity index (χ1v) is 11.6. The van der Waals surface area contributed by atoms with Crippen molar-refractivity contribution in [2.24, 2.45) is 4.99 Å². The Kier molecular flexibility index (Phi) is 7.76. The number of halogens is 7. The molecule has 1 fully saturated rings. The van der Waals surface area contributed by atoms with Crippen molar-refractivity contribution in [3.8, 4) is 0 Å². The summed E-state index contributed by atoms with van der Waals surface area (Å²) in [6.45, 7) is 0. The third kappa shape index (κ3) is 6.62. The lowest BCUT2D eigenvalue weighted by Crippen LogP contribution is -2.36. The molecule has 13 heteroatoms. The van der Waals surface area contributed by atoms with E-state index in [1.165, 1.54) is 6.07 Å². The van der Waals surface area contributed by atoms with Crippen LogP contribution < -0.4 is 10.6 Å². The Morgan fingerprint density at radius 3 is 2.38 bits per heavy atom. The van der Waals surface area contributed by atoms with Crippen LogP contribution in [0.15, 0.2) is 47.5 Å². The number of amides is 1. The predicted molar refractivity (Wildman–Crippen MR) is 125 cm³/mol. The number of nitrogens with one attached hydrogen (secondary N) is 2. The van der Waals surface area contributed by atoms with Gasteiger partial charge in [-0.15, -0.1) is 0 Å². The monoisotopic (exact) mass is 543 g/mol. The molecule has 0 spiro atoms. The molecule has 37 heavy (non-hydrogen) atoms. The molecule has 0 saturated heterocycles. The lowest BCUT2D eigenvalue weighted by atomic mass is 9.96. The number of carbonyl (C=O) groups is 1. The molecule has 1 saturated carbocycles. The highest BCUT2D eigenvalue weighted by molar-refractivity contribution is 6.31. The fourth-order valence-corrected chi connectivity index (χ4v) is 4.20. The van der Waals surface area contributed by atoms with Gasteiger partial charge in [0.05, 0.1) is 6.04 Å². The maximum Gasteiger partial charge on any atom is 0.435 e. The smallest absolute Gasteiger partial charge is 0.325 e. The number of nitrogens with zero attached hydrogens (tertiary/aromatic N) is 3. The molecular formula is C24H20ClF6N5O. The minimum atomic E-state index is -4.75. The maximum absolute atomic E-state index is 13.9. The van der Waals surface area contributed by atoms with Crippen LogP contribution in [0.4, 0.5) is 37.8 Å². The highest BCUT2D eigenvalue weighted by atomic mass is 35.5. The summed E-state index contributed by atoms with van der Waals surface area (Å²) in [5.41, 5.74) is -1.44. The first kappa shape index (κ1) is 26.5.